The van der Waals surface area contributed by atoms with E-state index >= 15 is 0 Å². The first kappa shape index (κ1) is 12.3. The Hall–Kier alpha value is -1.15. The van der Waals surface area contributed by atoms with Crippen LogP contribution in [0.15, 0.2) is 35.3 Å². The van der Waals surface area contributed by atoms with Gasteiger partial charge in [-0.25, -0.2) is 0 Å². The smallest absolute Gasteiger partial charge is 0.0720 e. The first-order valence-electron chi connectivity index (χ1n) is 6.62. The molecule has 2 nitrogen and oxygen atoms in total. The molecule has 17 heavy (non-hydrogen) atoms. The summed E-state index contributed by atoms with van der Waals surface area (Å²) in [6.45, 7) is 7.94. The molecule has 1 atom stereocenters. The van der Waals surface area contributed by atoms with Crippen LogP contribution >= 0.6 is 0 Å². The van der Waals surface area contributed by atoms with Crippen molar-refractivity contribution in [2.45, 2.75) is 32.7 Å². The lowest BCUT2D eigenvalue weighted by Crippen LogP contribution is -2.33. The van der Waals surface area contributed by atoms with Gasteiger partial charge in [-0.1, -0.05) is 37.3 Å². The molecule has 0 bridgehead atoms. The Morgan fingerprint density at radius 1 is 1.18 bits per heavy atom. The molecule has 1 unspecified atom stereocenters. The molecular weight excluding hydrogens is 208 g/mol. The predicted molar refractivity (Wildman–Crippen MR) is 73.6 cm³/mol. The van der Waals surface area contributed by atoms with Gasteiger partial charge in [-0.15, -0.1) is 0 Å². The van der Waals surface area contributed by atoms with E-state index in [0.29, 0.717) is 6.04 Å². The van der Waals surface area contributed by atoms with Gasteiger partial charge in [-0.2, -0.15) is 0 Å². The number of likely N-dealkylation sites (tertiary alicyclic amines) is 1. The molecule has 0 aromatic heterocycles. The quantitative estimate of drug-likeness (QED) is 0.778. The topological polar surface area (TPSA) is 15.6 Å². The highest BCUT2D eigenvalue weighted by molar-refractivity contribution is 5.85. The molecular formula is C15H22N2. The number of hydrogen-bond acceptors (Lipinski definition) is 2. The highest BCUT2D eigenvalue weighted by Gasteiger charge is 2.14. The predicted octanol–water partition coefficient (Wildman–Crippen LogP) is 3.30. The molecule has 0 aliphatic carbocycles. The average molecular weight is 230 g/mol. The van der Waals surface area contributed by atoms with Crippen LogP contribution in [0.5, 0.6) is 0 Å². The van der Waals surface area contributed by atoms with Gasteiger partial charge in [-0.05, 0) is 31.9 Å². The summed E-state index contributed by atoms with van der Waals surface area (Å²) in [7, 11) is 0. The van der Waals surface area contributed by atoms with E-state index in [-0.39, 0.29) is 0 Å². The largest absolute Gasteiger partial charge is 0.303 e. The SMILES string of the molecule is CCN1CCC(=NC(C)c2ccccc2)CC1. The van der Waals surface area contributed by atoms with E-state index < -0.39 is 0 Å². The van der Waals surface area contributed by atoms with Gasteiger partial charge in [0.1, 0.15) is 0 Å². The molecule has 2 heteroatoms. The van der Waals surface area contributed by atoms with E-state index in [4.69, 9.17) is 4.99 Å². The lowest BCUT2D eigenvalue weighted by molar-refractivity contribution is 0.289. The Kier molecular flexibility index (Phi) is 4.32. The highest BCUT2D eigenvalue weighted by atomic mass is 15.1. The first-order chi connectivity index (χ1) is 8.29. The maximum Gasteiger partial charge on any atom is 0.0720 e. The Morgan fingerprint density at radius 3 is 2.41 bits per heavy atom. The number of aliphatic imine (C=N–C) groups is 1. The van der Waals surface area contributed by atoms with Crippen molar-refractivity contribution < 1.29 is 0 Å². The van der Waals surface area contributed by atoms with Crippen LogP contribution in [-0.4, -0.2) is 30.2 Å². The second kappa shape index (κ2) is 5.97. The fourth-order valence-electron chi connectivity index (χ4n) is 2.34. The molecule has 0 N–H and O–H groups in total. The van der Waals surface area contributed by atoms with Crippen molar-refractivity contribution in [2.24, 2.45) is 4.99 Å². The maximum absolute atomic E-state index is 4.86. The van der Waals surface area contributed by atoms with Crippen LogP contribution in [0.2, 0.25) is 0 Å². The van der Waals surface area contributed by atoms with Crippen molar-refractivity contribution in [3.05, 3.63) is 35.9 Å². The fraction of sp³-hybridized carbons (Fsp3) is 0.533. The number of nitrogens with zero attached hydrogens (tertiary/aromatic N) is 2. The molecule has 2 rings (SSSR count). The lowest BCUT2D eigenvalue weighted by atomic mass is 10.1. The van der Waals surface area contributed by atoms with Crippen molar-refractivity contribution in [3.8, 4) is 0 Å². The Bertz CT molecular complexity index is 360. The molecule has 0 spiro atoms. The molecule has 0 amide bonds. The normalized spacial score (nSPS) is 19.1. The van der Waals surface area contributed by atoms with E-state index in [9.17, 15) is 0 Å². The number of rotatable bonds is 3. The van der Waals surface area contributed by atoms with Crippen LogP contribution in [0.1, 0.15) is 38.3 Å². The van der Waals surface area contributed by atoms with Gasteiger partial charge in [0.15, 0.2) is 0 Å². The Balaban J connectivity index is 1.96. The zero-order valence-electron chi connectivity index (χ0n) is 10.9. The molecule has 1 fully saturated rings. The molecule has 1 heterocycles. The zero-order valence-corrected chi connectivity index (χ0v) is 10.9. The van der Waals surface area contributed by atoms with Crippen molar-refractivity contribution in [1.29, 1.82) is 0 Å². The van der Waals surface area contributed by atoms with Gasteiger partial charge >= 0.3 is 0 Å². The Labute approximate surface area is 104 Å². The minimum Gasteiger partial charge on any atom is -0.303 e. The molecule has 1 aromatic carbocycles. The van der Waals surface area contributed by atoms with E-state index in [0.717, 1.165) is 12.8 Å². The molecule has 1 aromatic rings. The van der Waals surface area contributed by atoms with Crippen LogP contribution in [0, 0.1) is 0 Å². The van der Waals surface area contributed by atoms with Gasteiger partial charge in [0.25, 0.3) is 0 Å². The minimum absolute atomic E-state index is 0.305. The summed E-state index contributed by atoms with van der Waals surface area (Å²) >= 11 is 0. The lowest BCUT2D eigenvalue weighted by Gasteiger charge is -2.26. The van der Waals surface area contributed by atoms with Crippen molar-refractivity contribution >= 4 is 5.71 Å². The van der Waals surface area contributed by atoms with Gasteiger partial charge < -0.3 is 4.90 Å². The molecule has 0 saturated carbocycles. The molecule has 1 aliphatic rings. The average Bonchev–Trinajstić information content (AvgIpc) is 2.40. The maximum atomic E-state index is 4.86. The van der Waals surface area contributed by atoms with Gasteiger partial charge in [-0.3, -0.25) is 4.99 Å². The highest BCUT2D eigenvalue weighted by Crippen LogP contribution is 2.18. The monoisotopic (exact) mass is 230 g/mol. The summed E-state index contributed by atoms with van der Waals surface area (Å²) in [4.78, 5) is 7.36. The zero-order chi connectivity index (χ0) is 12.1. The first-order valence-corrected chi connectivity index (χ1v) is 6.62. The molecule has 92 valence electrons. The van der Waals surface area contributed by atoms with E-state index in [1.165, 1.54) is 30.9 Å². The van der Waals surface area contributed by atoms with Crippen LogP contribution < -0.4 is 0 Å². The Morgan fingerprint density at radius 2 is 1.82 bits per heavy atom. The second-order valence-corrected chi connectivity index (χ2v) is 4.72. The minimum atomic E-state index is 0.305. The van der Waals surface area contributed by atoms with Gasteiger partial charge in [0.2, 0.25) is 0 Å². The van der Waals surface area contributed by atoms with Crippen molar-refractivity contribution in [3.63, 3.8) is 0 Å². The van der Waals surface area contributed by atoms with E-state index in [2.05, 4.69) is 49.1 Å². The van der Waals surface area contributed by atoms with Crippen LogP contribution in [0.3, 0.4) is 0 Å². The van der Waals surface area contributed by atoms with E-state index in [1.54, 1.807) is 0 Å². The molecule has 0 radical (unpaired) electrons. The third-order valence-electron chi connectivity index (χ3n) is 3.54. The molecule has 1 saturated heterocycles. The number of hydrogen-bond donors (Lipinski definition) is 0. The van der Waals surface area contributed by atoms with Crippen molar-refractivity contribution in [2.75, 3.05) is 19.6 Å². The third kappa shape index (κ3) is 3.40. The second-order valence-electron chi connectivity index (χ2n) is 4.72. The van der Waals surface area contributed by atoms with Gasteiger partial charge in [0, 0.05) is 18.8 Å². The fourth-order valence-corrected chi connectivity index (χ4v) is 2.34. The van der Waals surface area contributed by atoms with E-state index in [1.807, 2.05) is 0 Å². The molecule has 1 aliphatic heterocycles. The summed E-state index contributed by atoms with van der Waals surface area (Å²) < 4.78 is 0. The van der Waals surface area contributed by atoms with Gasteiger partial charge in [0.05, 0.1) is 6.04 Å². The third-order valence-corrected chi connectivity index (χ3v) is 3.54. The van der Waals surface area contributed by atoms with Crippen LogP contribution in [-0.2, 0) is 0 Å². The summed E-state index contributed by atoms with van der Waals surface area (Å²) in [5.41, 5.74) is 2.71. The standard InChI is InChI=1S/C15H22N2/c1-3-17-11-9-15(10-12-17)16-13(2)14-7-5-4-6-8-14/h4-8,13H,3,9-12H2,1-2H3. The summed E-state index contributed by atoms with van der Waals surface area (Å²) in [5, 5.41) is 0. The summed E-state index contributed by atoms with van der Waals surface area (Å²) in [5.74, 6) is 0. The van der Waals surface area contributed by atoms with Crippen LogP contribution in [0.4, 0.5) is 0 Å². The number of benzene rings is 1. The summed E-state index contributed by atoms with van der Waals surface area (Å²) in [6.07, 6.45) is 2.29. The van der Waals surface area contributed by atoms with Crippen molar-refractivity contribution in [1.82, 2.24) is 4.90 Å². The van der Waals surface area contributed by atoms with Crippen LogP contribution in [0.25, 0.3) is 0 Å². The summed E-state index contributed by atoms with van der Waals surface area (Å²) in [6, 6.07) is 10.9. The number of piperidine rings is 1.